The zero-order chi connectivity index (χ0) is 41.4. The van der Waals surface area contributed by atoms with Crippen LogP contribution < -0.4 is 10.1 Å². The lowest BCUT2D eigenvalue weighted by Gasteiger charge is -2.39. The summed E-state index contributed by atoms with van der Waals surface area (Å²) in [6.45, 7) is 14.4. The fourth-order valence-corrected chi connectivity index (χ4v) is 7.55. The van der Waals surface area contributed by atoms with Crippen molar-refractivity contribution in [2.75, 3.05) is 21.3 Å². The highest BCUT2D eigenvalue weighted by Crippen LogP contribution is 2.43. The molecule has 0 radical (unpaired) electrons. The molecule has 0 saturated heterocycles. The van der Waals surface area contributed by atoms with Crippen LogP contribution >= 0.6 is 0 Å². The molecule has 56 heavy (non-hydrogen) atoms. The quantitative estimate of drug-likeness (QED) is 0.0678. The summed E-state index contributed by atoms with van der Waals surface area (Å²) in [5.41, 5.74) is 4.43. The number of ketones is 1. The lowest BCUT2D eigenvalue weighted by molar-refractivity contribution is -0.142. The first-order valence-electron chi connectivity index (χ1n) is 18.5. The molecule has 4 aromatic rings. The number of carbonyl (C=O) groups is 4. The summed E-state index contributed by atoms with van der Waals surface area (Å²) in [4.78, 5) is 53.0. The Morgan fingerprint density at radius 1 is 0.857 bits per heavy atom. The number of benzene rings is 3. The van der Waals surface area contributed by atoms with Crippen LogP contribution in [0, 0.1) is 5.82 Å². The minimum Gasteiger partial charge on any atom is -0.496 e. The van der Waals surface area contributed by atoms with Gasteiger partial charge in [0.05, 0.1) is 39.5 Å². The van der Waals surface area contributed by atoms with E-state index < -0.39 is 38.1 Å². The third-order valence-corrected chi connectivity index (χ3v) is 14.6. The number of allylic oxidation sites excluding steroid dienone is 1. The number of nitrogens with zero attached hydrogens (tertiary/aromatic N) is 1. The van der Waals surface area contributed by atoms with E-state index in [2.05, 4.69) is 39.2 Å². The average molecular weight is 785 g/mol. The van der Waals surface area contributed by atoms with E-state index in [1.165, 1.54) is 39.5 Å². The molecule has 10 nitrogen and oxygen atoms in total. The van der Waals surface area contributed by atoms with Gasteiger partial charge in [-0.1, -0.05) is 69.3 Å². The van der Waals surface area contributed by atoms with Crippen LogP contribution in [0.4, 0.5) is 4.39 Å². The van der Waals surface area contributed by atoms with Gasteiger partial charge in [-0.3, -0.25) is 14.4 Å². The third kappa shape index (κ3) is 10.3. The molecule has 12 heteroatoms. The van der Waals surface area contributed by atoms with Crippen LogP contribution in [0.15, 0.2) is 78.9 Å². The smallest absolute Gasteiger partial charge is 0.341 e. The number of halogens is 1. The van der Waals surface area contributed by atoms with Crippen LogP contribution in [0.3, 0.4) is 0 Å². The molecule has 1 N–H and O–H groups in total. The van der Waals surface area contributed by atoms with Gasteiger partial charge < -0.3 is 28.5 Å². The van der Waals surface area contributed by atoms with Gasteiger partial charge in [0.15, 0.2) is 14.1 Å². The highest BCUT2D eigenvalue weighted by Gasteiger charge is 2.40. The first-order valence-corrected chi connectivity index (χ1v) is 21.4. The number of esters is 2. The molecule has 0 saturated carbocycles. The van der Waals surface area contributed by atoms with Crippen molar-refractivity contribution < 1.29 is 42.2 Å². The van der Waals surface area contributed by atoms with Crippen molar-refractivity contribution in [3.63, 3.8) is 0 Å². The monoisotopic (exact) mass is 784 g/mol. The maximum Gasteiger partial charge on any atom is 0.341 e. The first kappa shape index (κ1) is 43.4. The van der Waals surface area contributed by atoms with Crippen LogP contribution in [0.5, 0.6) is 5.75 Å². The molecule has 0 unspecified atom stereocenters. The number of amides is 1. The summed E-state index contributed by atoms with van der Waals surface area (Å²) in [6.07, 6.45) is 2.29. The van der Waals surface area contributed by atoms with Gasteiger partial charge >= 0.3 is 11.9 Å². The fraction of sp³-hybridized carbons (Fsp3) is 0.364. The zero-order valence-corrected chi connectivity index (χ0v) is 35.0. The van der Waals surface area contributed by atoms with E-state index in [0.717, 1.165) is 5.56 Å². The Hall–Kier alpha value is -5.33. The molecule has 1 aromatic heterocycles. The number of nitrogens with one attached hydrogen (secondary N) is 1. The van der Waals surface area contributed by atoms with Crippen LogP contribution in [-0.4, -0.2) is 63.9 Å². The lowest BCUT2D eigenvalue weighted by atomic mass is 9.94. The summed E-state index contributed by atoms with van der Waals surface area (Å²) in [6, 6.07) is 20.1. The molecular formula is C44H53FN2O8Si. The number of aromatic nitrogens is 1. The summed E-state index contributed by atoms with van der Waals surface area (Å²) >= 11 is 0. The molecule has 0 bridgehead atoms. The normalized spacial score (nSPS) is 12.4. The highest BCUT2D eigenvalue weighted by atomic mass is 28.4. The number of rotatable bonds is 16. The van der Waals surface area contributed by atoms with E-state index in [1.54, 1.807) is 36.4 Å². The highest BCUT2D eigenvalue weighted by molar-refractivity contribution is 6.74. The number of methoxy groups -OCH3 is 3. The average Bonchev–Trinajstić information content (AvgIpc) is 3.51. The molecule has 4 rings (SSSR count). The van der Waals surface area contributed by atoms with Crippen LogP contribution in [0.2, 0.25) is 18.1 Å². The Labute approximate surface area is 330 Å². The second-order valence-corrected chi connectivity index (χ2v) is 20.1. The molecular weight excluding hydrogens is 732 g/mol. The predicted molar refractivity (Wildman–Crippen MR) is 219 cm³/mol. The Morgan fingerprint density at radius 2 is 1.50 bits per heavy atom. The van der Waals surface area contributed by atoms with Gasteiger partial charge in [0, 0.05) is 30.1 Å². The van der Waals surface area contributed by atoms with Crippen LogP contribution in [0.25, 0.3) is 28.3 Å². The van der Waals surface area contributed by atoms with Crippen molar-refractivity contribution in [3.05, 3.63) is 107 Å². The lowest BCUT2D eigenvalue weighted by Crippen LogP contribution is -2.44. The van der Waals surface area contributed by atoms with Crippen LogP contribution in [-0.2, 0) is 30.0 Å². The van der Waals surface area contributed by atoms with Crippen molar-refractivity contribution in [2.45, 2.75) is 84.3 Å². The van der Waals surface area contributed by atoms with E-state index >= 15 is 0 Å². The molecule has 0 aliphatic rings. The van der Waals surface area contributed by atoms with Gasteiger partial charge in [0.1, 0.15) is 22.8 Å². The second kappa shape index (κ2) is 18.5. The van der Waals surface area contributed by atoms with E-state index in [9.17, 15) is 23.6 Å². The standard InChI is InChI=1S/C44H53FN2O8Si/c1-28(2)47-36(23-21-33(48)25-34(26-38(49)53-7)55-56(9,10)44(3,4)5)39(31-17-19-32(45)20-18-31)40(30-14-12-11-13-15-30)41(47)42(50)46-27-29-16-22-35(43(51)54-8)37(24-29)52-6/h11-24,28,34H,25-27H2,1-10H3,(H,46,50)/t34-/m1/s1. The van der Waals surface area contributed by atoms with Crippen molar-refractivity contribution >= 4 is 38.0 Å². The van der Waals surface area contributed by atoms with E-state index in [-0.39, 0.29) is 41.8 Å². The summed E-state index contributed by atoms with van der Waals surface area (Å²) in [5.74, 6) is -1.82. The maximum absolute atomic E-state index is 14.5. The molecule has 1 heterocycles. The predicted octanol–water partition coefficient (Wildman–Crippen LogP) is 9.19. The van der Waals surface area contributed by atoms with Crippen molar-refractivity contribution in [3.8, 4) is 28.0 Å². The molecule has 0 spiro atoms. The zero-order valence-electron chi connectivity index (χ0n) is 34.0. The fourth-order valence-electron chi connectivity index (χ4n) is 6.20. The minimum absolute atomic E-state index is 0.0660. The second-order valence-electron chi connectivity index (χ2n) is 15.3. The van der Waals surface area contributed by atoms with Gasteiger partial charge in [-0.25, -0.2) is 9.18 Å². The maximum atomic E-state index is 14.5. The largest absolute Gasteiger partial charge is 0.496 e. The Kier molecular flexibility index (Phi) is 14.4. The van der Waals surface area contributed by atoms with Crippen molar-refractivity contribution in [1.29, 1.82) is 0 Å². The Balaban J connectivity index is 1.86. The van der Waals surface area contributed by atoms with Crippen LogP contribution in [0.1, 0.15) is 85.6 Å². The summed E-state index contributed by atoms with van der Waals surface area (Å²) in [5, 5.41) is 2.88. The van der Waals surface area contributed by atoms with Gasteiger partial charge in [0.25, 0.3) is 5.91 Å². The van der Waals surface area contributed by atoms with E-state index in [1.807, 2.05) is 48.7 Å². The number of hydrogen-bond acceptors (Lipinski definition) is 8. The van der Waals surface area contributed by atoms with Crippen molar-refractivity contribution in [2.24, 2.45) is 0 Å². The Morgan fingerprint density at radius 3 is 2.07 bits per heavy atom. The SMILES string of the molecule is COC(=O)C[C@@H](CC(=O)C=Cc1c(-c2ccc(F)cc2)c(-c2ccccc2)c(C(=O)NCc2ccc(C(=O)OC)c(OC)c2)n1C(C)C)O[Si](C)(C)C(C)(C)C. The topological polar surface area (TPSA) is 122 Å². The third-order valence-electron chi connectivity index (χ3n) is 10.0. The molecule has 1 amide bonds. The minimum atomic E-state index is -2.38. The molecule has 0 aliphatic carbocycles. The molecule has 3 aromatic carbocycles. The first-order chi connectivity index (χ1) is 26.4. The van der Waals surface area contributed by atoms with Gasteiger partial charge in [-0.15, -0.1) is 0 Å². The number of ether oxygens (including phenoxy) is 3. The molecule has 0 aliphatic heterocycles. The Bertz CT molecular complexity index is 2060. The van der Waals surface area contributed by atoms with Gasteiger partial charge in [-0.2, -0.15) is 0 Å². The van der Waals surface area contributed by atoms with E-state index in [0.29, 0.717) is 39.4 Å². The molecule has 0 fully saturated rings. The van der Waals surface area contributed by atoms with E-state index in [4.69, 9.17) is 18.6 Å². The van der Waals surface area contributed by atoms with Gasteiger partial charge in [-0.05, 0) is 85.1 Å². The summed E-state index contributed by atoms with van der Waals surface area (Å²) < 4.78 is 38.0. The molecule has 1 atom stereocenters. The number of hydrogen-bond donors (Lipinski definition) is 1. The summed E-state index contributed by atoms with van der Waals surface area (Å²) in [7, 11) is 1.67. The van der Waals surface area contributed by atoms with Gasteiger partial charge in [0.2, 0.25) is 0 Å². The van der Waals surface area contributed by atoms with Crippen molar-refractivity contribution in [1.82, 2.24) is 9.88 Å². The number of carbonyl (C=O) groups excluding carboxylic acids is 4. The molecule has 298 valence electrons.